The molecule has 0 bridgehead atoms. The van der Waals surface area contributed by atoms with E-state index in [0.717, 1.165) is 56.5 Å². The fraction of sp³-hybridized carbons (Fsp3) is 0.733. The van der Waals surface area contributed by atoms with Crippen molar-refractivity contribution >= 4 is 22.4 Å². The molecule has 1 aromatic rings. The molecule has 0 spiro atoms. The zero-order chi connectivity index (χ0) is 15.6. The van der Waals surface area contributed by atoms with Gasteiger partial charge in [0, 0.05) is 51.2 Å². The molecule has 0 unspecified atom stereocenters. The van der Waals surface area contributed by atoms with Crippen LogP contribution in [0.4, 0.5) is 5.13 Å². The third-order valence-electron chi connectivity index (χ3n) is 3.54. The zero-order valence-corrected chi connectivity index (χ0v) is 14.2. The average Bonchev–Trinajstić information content (AvgIpc) is 3.18. The number of ether oxygens (including phenoxy) is 1. The minimum absolute atomic E-state index is 0.506. The second kappa shape index (κ2) is 9.63. The van der Waals surface area contributed by atoms with Crippen LogP contribution in [0.2, 0.25) is 0 Å². The number of hydrogen-bond donors (Lipinski definition) is 2. The van der Waals surface area contributed by atoms with Crippen molar-refractivity contribution in [3.8, 4) is 0 Å². The first-order chi connectivity index (χ1) is 10.8. The molecule has 1 saturated heterocycles. The standard InChI is InChI=1S/C15H27N5OS/c1-2-21-11-5-7-17-14(16)18-8-6-13-12-22-15(19-13)20-9-3-4-10-20/h12H,2-11H2,1H3,(H3,16,17,18). The summed E-state index contributed by atoms with van der Waals surface area (Å²) >= 11 is 1.74. The monoisotopic (exact) mass is 325 g/mol. The summed E-state index contributed by atoms with van der Waals surface area (Å²) in [5.41, 5.74) is 6.96. The summed E-state index contributed by atoms with van der Waals surface area (Å²) in [6.07, 6.45) is 4.35. The summed E-state index contributed by atoms with van der Waals surface area (Å²) in [6.45, 7) is 7.25. The number of guanidine groups is 1. The molecule has 0 saturated carbocycles. The molecule has 22 heavy (non-hydrogen) atoms. The van der Waals surface area contributed by atoms with Crippen LogP contribution in [0.15, 0.2) is 10.4 Å². The van der Waals surface area contributed by atoms with Crippen molar-refractivity contribution in [1.82, 2.24) is 10.3 Å². The fourth-order valence-electron chi connectivity index (χ4n) is 2.35. The molecule has 2 rings (SSSR count). The summed E-state index contributed by atoms with van der Waals surface area (Å²) in [5.74, 6) is 0.506. The predicted molar refractivity (Wildman–Crippen MR) is 92.9 cm³/mol. The molecule has 0 atom stereocenters. The van der Waals surface area contributed by atoms with Crippen LogP contribution in [0, 0.1) is 0 Å². The molecular weight excluding hydrogens is 298 g/mol. The largest absolute Gasteiger partial charge is 0.382 e. The van der Waals surface area contributed by atoms with Crippen molar-refractivity contribution in [1.29, 1.82) is 0 Å². The zero-order valence-electron chi connectivity index (χ0n) is 13.4. The Morgan fingerprint density at radius 1 is 1.50 bits per heavy atom. The van der Waals surface area contributed by atoms with Crippen LogP contribution in [0.25, 0.3) is 0 Å². The third kappa shape index (κ3) is 5.81. The summed E-state index contributed by atoms with van der Waals surface area (Å²) < 4.78 is 5.26. The molecule has 3 N–H and O–H groups in total. The number of hydrogen-bond acceptors (Lipinski definition) is 5. The Morgan fingerprint density at radius 3 is 3.09 bits per heavy atom. The summed E-state index contributed by atoms with van der Waals surface area (Å²) in [7, 11) is 0. The normalized spacial score (nSPS) is 15.5. The molecule has 1 aliphatic rings. The molecule has 0 amide bonds. The lowest BCUT2D eigenvalue weighted by Gasteiger charge is -2.12. The highest BCUT2D eigenvalue weighted by Gasteiger charge is 2.15. The molecule has 1 aromatic heterocycles. The molecule has 2 heterocycles. The Labute approximate surface area is 136 Å². The Hall–Kier alpha value is -1.34. The maximum Gasteiger partial charge on any atom is 0.188 e. The predicted octanol–water partition coefficient (Wildman–Crippen LogP) is 1.62. The van der Waals surface area contributed by atoms with Gasteiger partial charge in [-0.25, -0.2) is 4.98 Å². The van der Waals surface area contributed by atoms with E-state index in [-0.39, 0.29) is 0 Å². The van der Waals surface area contributed by atoms with Gasteiger partial charge in [-0.15, -0.1) is 11.3 Å². The van der Waals surface area contributed by atoms with E-state index in [9.17, 15) is 0 Å². The third-order valence-corrected chi connectivity index (χ3v) is 4.49. The van der Waals surface area contributed by atoms with Gasteiger partial charge in [-0.05, 0) is 26.2 Å². The van der Waals surface area contributed by atoms with Gasteiger partial charge in [0.25, 0.3) is 0 Å². The van der Waals surface area contributed by atoms with E-state index in [1.807, 2.05) is 6.92 Å². The first kappa shape index (κ1) is 17.0. The SMILES string of the molecule is CCOCCCN=C(N)NCCc1csc(N2CCCC2)n1. The molecule has 0 radical (unpaired) electrons. The van der Waals surface area contributed by atoms with Crippen molar-refractivity contribution in [3.63, 3.8) is 0 Å². The first-order valence-corrected chi connectivity index (χ1v) is 8.98. The molecule has 0 aliphatic carbocycles. The molecular formula is C15H27N5OS. The van der Waals surface area contributed by atoms with E-state index in [0.29, 0.717) is 12.5 Å². The molecule has 1 aliphatic heterocycles. The lowest BCUT2D eigenvalue weighted by Crippen LogP contribution is -2.33. The molecule has 7 heteroatoms. The van der Waals surface area contributed by atoms with E-state index >= 15 is 0 Å². The molecule has 1 fully saturated rings. The van der Waals surface area contributed by atoms with Gasteiger partial charge in [-0.1, -0.05) is 0 Å². The topological polar surface area (TPSA) is 75.8 Å². The number of aliphatic imine (C=N–C) groups is 1. The Kier molecular flexibility index (Phi) is 7.45. The van der Waals surface area contributed by atoms with Crippen LogP contribution in [0.5, 0.6) is 0 Å². The number of nitrogens with two attached hydrogens (primary N) is 1. The average molecular weight is 325 g/mol. The second-order valence-electron chi connectivity index (χ2n) is 5.31. The van der Waals surface area contributed by atoms with Gasteiger partial charge in [0.1, 0.15) is 0 Å². The van der Waals surface area contributed by atoms with Crippen molar-refractivity contribution in [3.05, 3.63) is 11.1 Å². The highest BCUT2D eigenvalue weighted by molar-refractivity contribution is 7.13. The minimum atomic E-state index is 0.506. The summed E-state index contributed by atoms with van der Waals surface area (Å²) in [5, 5.41) is 6.44. The number of rotatable bonds is 9. The molecule has 0 aromatic carbocycles. The van der Waals surface area contributed by atoms with Crippen LogP contribution in [-0.4, -0.2) is 50.3 Å². The number of aromatic nitrogens is 1. The Bertz CT molecular complexity index is 457. The summed E-state index contributed by atoms with van der Waals surface area (Å²) in [6, 6.07) is 0. The number of thiazole rings is 1. The maximum absolute atomic E-state index is 5.83. The van der Waals surface area contributed by atoms with Crippen LogP contribution in [0.3, 0.4) is 0 Å². The van der Waals surface area contributed by atoms with Crippen LogP contribution in [-0.2, 0) is 11.2 Å². The second-order valence-corrected chi connectivity index (χ2v) is 6.15. The molecule has 6 nitrogen and oxygen atoms in total. The van der Waals surface area contributed by atoms with Crippen molar-refractivity contribution < 1.29 is 4.74 Å². The Balaban J connectivity index is 1.62. The van der Waals surface area contributed by atoms with Crippen LogP contribution >= 0.6 is 11.3 Å². The minimum Gasteiger partial charge on any atom is -0.382 e. The number of anilines is 1. The lowest BCUT2D eigenvalue weighted by atomic mass is 10.3. The maximum atomic E-state index is 5.83. The van der Waals surface area contributed by atoms with Crippen LogP contribution < -0.4 is 16.0 Å². The number of nitrogens with zero attached hydrogens (tertiary/aromatic N) is 3. The van der Waals surface area contributed by atoms with Gasteiger partial charge in [-0.2, -0.15) is 0 Å². The van der Waals surface area contributed by atoms with E-state index < -0.39 is 0 Å². The van der Waals surface area contributed by atoms with Crippen LogP contribution in [0.1, 0.15) is 31.9 Å². The van der Waals surface area contributed by atoms with Crippen molar-refractivity contribution in [2.24, 2.45) is 10.7 Å². The van der Waals surface area contributed by atoms with Gasteiger partial charge in [0.2, 0.25) is 0 Å². The van der Waals surface area contributed by atoms with Crippen molar-refractivity contribution in [2.45, 2.75) is 32.6 Å². The highest BCUT2D eigenvalue weighted by Crippen LogP contribution is 2.24. The number of nitrogens with one attached hydrogen (secondary N) is 1. The smallest absolute Gasteiger partial charge is 0.188 e. The van der Waals surface area contributed by atoms with E-state index in [2.05, 4.69) is 20.6 Å². The van der Waals surface area contributed by atoms with E-state index in [4.69, 9.17) is 15.5 Å². The van der Waals surface area contributed by atoms with Gasteiger partial charge in [-0.3, -0.25) is 4.99 Å². The first-order valence-electron chi connectivity index (χ1n) is 8.10. The van der Waals surface area contributed by atoms with E-state index in [1.54, 1.807) is 11.3 Å². The Morgan fingerprint density at radius 2 is 2.32 bits per heavy atom. The van der Waals surface area contributed by atoms with Gasteiger partial charge in [0.15, 0.2) is 11.1 Å². The summed E-state index contributed by atoms with van der Waals surface area (Å²) in [4.78, 5) is 11.3. The molecule has 124 valence electrons. The van der Waals surface area contributed by atoms with Gasteiger partial charge < -0.3 is 20.7 Å². The van der Waals surface area contributed by atoms with Gasteiger partial charge >= 0.3 is 0 Å². The van der Waals surface area contributed by atoms with Crippen molar-refractivity contribution in [2.75, 3.05) is 44.3 Å². The van der Waals surface area contributed by atoms with E-state index in [1.165, 1.54) is 12.8 Å². The quantitative estimate of drug-likeness (QED) is 0.410. The fourth-order valence-corrected chi connectivity index (χ4v) is 3.26. The van der Waals surface area contributed by atoms with Gasteiger partial charge in [0.05, 0.1) is 5.69 Å². The highest BCUT2D eigenvalue weighted by atomic mass is 32.1. The lowest BCUT2D eigenvalue weighted by molar-refractivity contribution is 0.146.